The quantitative estimate of drug-likeness (QED) is 0.681. The normalized spacial score (nSPS) is 10.8. The van der Waals surface area contributed by atoms with Gasteiger partial charge in [0.1, 0.15) is 0 Å². The zero-order chi connectivity index (χ0) is 9.52. The van der Waals surface area contributed by atoms with Gasteiger partial charge in [0.15, 0.2) is 0 Å². The van der Waals surface area contributed by atoms with Crippen molar-refractivity contribution >= 4 is 12.0 Å². The molecule has 0 fully saturated rings. The predicted octanol–water partition coefficient (Wildman–Crippen LogP) is 2.28. The first kappa shape index (κ1) is 9.58. The molecule has 1 aromatic heterocycles. The van der Waals surface area contributed by atoms with E-state index in [0.717, 1.165) is 12.0 Å². The minimum absolute atomic E-state index is 0.247. The third kappa shape index (κ3) is 4.15. The van der Waals surface area contributed by atoms with Crippen LogP contribution in [-0.2, 0) is 4.79 Å². The van der Waals surface area contributed by atoms with Crippen molar-refractivity contribution < 1.29 is 9.90 Å². The lowest BCUT2D eigenvalue weighted by molar-refractivity contribution is -0.137. The number of H-pyrrole nitrogens is 1. The first-order valence-electron chi connectivity index (χ1n) is 4.30. The molecule has 1 rings (SSSR count). The minimum Gasteiger partial charge on any atom is -0.481 e. The molecule has 0 aliphatic heterocycles. The lowest BCUT2D eigenvalue weighted by atomic mass is 10.2. The zero-order valence-electron chi connectivity index (χ0n) is 7.36. The van der Waals surface area contributed by atoms with Crippen molar-refractivity contribution in [2.75, 3.05) is 0 Å². The molecule has 0 aliphatic carbocycles. The Morgan fingerprint density at radius 1 is 1.62 bits per heavy atom. The number of aromatic amines is 1. The Labute approximate surface area is 77.1 Å². The molecular formula is C10H13NO2. The number of nitrogens with one attached hydrogen (secondary N) is 1. The summed E-state index contributed by atoms with van der Waals surface area (Å²) in [5.74, 6) is -0.727. The number of carbonyl (C=O) groups is 1. The van der Waals surface area contributed by atoms with E-state index in [9.17, 15) is 4.79 Å². The number of allylic oxidation sites excluding steroid dienone is 1. The Balaban J connectivity index is 2.16. The fraction of sp³-hybridized carbons (Fsp3) is 0.300. The minimum atomic E-state index is -0.727. The van der Waals surface area contributed by atoms with Gasteiger partial charge in [0.2, 0.25) is 0 Å². The summed E-state index contributed by atoms with van der Waals surface area (Å²) in [4.78, 5) is 13.1. The van der Waals surface area contributed by atoms with Crippen LogP contribution in [0.5, 0.6) is 0 Å². The molecule has 0 bridgehead atoms. The van der Waals surface area contributed by atoms with E-state index >= 15 is 0 Å². The Morgan fingerprint density at radius 2 is 2.46 bits per heavy atom. The third-order valence-corrected chi connectivity index (χ3v) is 1.69. The largest absolute Gasteiger partial charge is 0.481 e. The fourth-order valence-electron chi connectivity index (χ4n) is 1.03. The zero-order valence-corrected chi connectivity index (χ0v) is 7.36. The maximum Gasteiger partial charge on any atom is 0.303 e. The Kier molecular flexibility index (Phi) is 3.82. The average Bonchev–Trinajstić information content (AvgIpc) is 2.55. The van der Waals surface area contributed by atoms with Gasteiger partial charge in [0, 0.05) is 18.8 Å². The number of carboxylic acids is 1. The summed E-state index contributed by atoms with van der Waals surface area (Å²) in [5, 5.41) is 8.37. The van der Waals surface area contributed by atoms with Crippen LogP contribution in [-0.4, -0.2) is 16.1 Å². The van der Waals surface area contributed by atoms with Crippen molar-refractivity contribution in [1.29, 1.82) is 0 Å². The van der Waals surface area contributed by atoms with Crippen molar-refractivity contribution in [3.05, 3.63) is 30.1 Å². The van der Waals surface area contributed by atoms with Crippen LogP contribution in [0.15, 0.2) is 24.5 Å². The molecule has 0 radical (unpaired) electrons. The molecule has 1 heterocycles. The number of aromatic nitrogens is 1. The second-order valence-electron chi connectivity index (χ2n) is 2.83. The summed E-state index contributed by atoms with van der Waals surface area (Å²) < 4.78 is 0. The van der Waals surface area contributed by atoms with Gasteiger partial charge in [0.25, 0.3) is 0 Å². The number of unbranched alkanes of at least 4 members (excludes halogenated alkanes) is 1. The van der Waals surface area contributed by atoms with Crippen molar-refractivity contribution in [1.82, 2.24) is 4.98 Å². The first-order chi connectivity index (χ1) is 6.29. The SMILES string of the molecule is O=C(O)CCC/C=C/c1cc[nH]c1. The van der Waals surface area contributed by atoms with Crippen LogP contribution in [0, 0.1) is 0 Å². The summed E-state index contributed by atoms with van der Waals surface area (Å²) >= 11 is 0. The number of aliphatic carboxylic acids is 1. The molecule has 0 atom stereocenters. The van der Waals surface area contributed by atoms with Crippen LogP contribution < -0.4 is 0 Å². The van der Waals surface area contributed by atoms with Gasteiger partial charge >= 0.3 is 5.97 Å². The number of hydrogen-bond acceptors (Lipinski definition) is 1. The molecule has 0 spiro atoms. The number of carboxylic acid groups (broad SMARTS) is 1. The molecule has 0 aliphatic rings. The van der Waals surface area contributed by atoms with E-state index in [-0.39, 0.29) is 6.42 Å². The summed E-state index contributed by atoms with van der Waals surface area (Å²) in [7, 11) is 0. The van der Waals surface area contributed by atoms with E-state index in [4.69, 9.17) is 5.11 Å². The van der Waals surface area contributed by atoms with Crippen LogP contribution in [0.3, 0.4) is 0 Å². The molecule has 0 aromatic carbocycles. The number of rotatable bonds is 5. The molecule has 0 saturated carbocycles. The molecule has 70 valence electrons. The van der Waals surface area contributed by atoms with E-state index in [1.54, 1.807) is 0 Å². The molecule has 0 unspecified atom stereocenters. The molecule has 0 amide bonds. The molecule has 2 N–H and O–H groups in total. The van der Waals surface area contributed by atoms with E-state index < -0.39 is 5.97 Å². The van der Waals surface area contributed by atoms with Gasteiger partial charge in [-0.15, -0.1) is 0 Å². The molecule has 3 nitrogen and oxygen atoms in total. The van der Waals surface area contributed by atoms with Gasteiger partial charge in [-0.1, -0.05) is 12.2 Å². The second-order valence-corrected chi connectivity index (χ2v) is 2.83. The van der Waals surface area contributed by atoms with Gasteiger partial charge in [-0.05, 0) is 24.5 Å². The highest BCUT2D eigenvalue weighted by Gasteiger charge is 1.93. The summed E-state index contributed by atoms with van der Waals surface area (Å²) in [6.45, 7) is 0. The monoisotopic (exact) mass is 179 g/mol. The first-order valence-corrected chi connectivity index (χ1v) is 4.30. The topological polar surface area (TPSA) is 53.1 Å². The Morgan fingerprint density at radius 3 is 3.08 bits per heavy atom. The van der Waals surface area contributed by atoms with Crippen LogP contribution >= 0.6 is 0 Å². The van der Waals surface area contributed by atoms with E-state index in [1.165, 1.54) is 0 Å². The molecular weight excluding hydrogens is 166 g/mol. The maximum atomic E-state index is 10.2. The van der Waals surface area contributed by atoms with Crippen molar-refractivity contribution in [3.8, 4) is 0 Å². The van der Waals surface area contributed by atoms with Crippen molar-refractivity contribution in [3.63, 3.8) is 0 Å². The van der Waals surface area contributed by atoms with Crippen molar-refractivity contribution in [2.45, 2.75) is 19.3 Å². The van der Waals surface area contributed by atoms with Crippen molar-refractivity contribution in [2.24, 2.45) is 0 Å². The highest BCUT2D eigenvalue weighted by atomic mass is 16.4. The van der Waals surface area contributed by atoms with Crippen LogP contribution in [0.1, 0.15) is 24.8 Å². The lowest BCUT2D eigenvalue weighted by Crippen LogP contribution is -1.92. The molecule has 3 heteroatoms. The highest BCUT2D eigenvalue weighted by Crippen LogP contribution is 2.03. The van der Waals surface area contributed by atoms with E-state index in [1.807, 2.05) is 30.6 Å². The third-order valence-electron chi connectivity index (χ3n) is 1.69. The smallest absolute Gasteiger partial charge is 0.303 e. The standard InChI is InChI=1S/C10H13NO2/c12-10(13)5-3-1-2-4-9-6-7-11-8-9/h2,4,6-8,11H,1,3,5H2,(H,12,13)/b4-2+. The Bertz CT molecular complexity index is 275. The summed E-state index contributed by atoms with van der Waals surface area (Å²) in [6, 6.07) is 1.97. The van der Waals surface area contributed by atoms with Gasteiger partial charge in [-0.2, -0.15) is 0 Å². The van der Waals surface area contributed by atoms with Gasteiger partial charge in [-0.3, -0.25) is 4.79 Å². The Hall–Kier alpha value is -1.51. The fourth-order valence-corrected chi connectivity index (χ4v) is 1.03. The molecule has 0 saturated heterocycles. The van der Waals surface area contributed by atoms with Gasteiger partial charge < -0.3 is 10.1 Å². The second kappa shape index (κ2) is 5.19. The number of hydrogen-bond donors (Lipinski definition) is 2. The van der Waals surface area contributed by atoms with Crippen LogP contribution in [0.2, 0.25) is 0 Å². The highest BCUT2D eigenvalue weighted by molar-refractivity contribution is 5.66. The van der Waals surface area contributed by atoms with E-state index in [2.05, 4.69) is 4.98 Å². The van der Waals surface area contributed by atoms with Gasteiger partial charge in [0.05, 0.1) is 0 Å². The maximum absolute atomic E-state index is 10.2. The molecule has 13 heavy (non-hydrogen) atoms. The summed E-state index contributed by atoms with van der Waals surface area (Å²) in [6.07, 6.45) is 9.50. The summed E-state index contributed by atoms with van der Waals surface area (Å²) in [5.41, 5.74) is 1.12. The lowest BCUT2D eigenvalue weighted by Gasteiger charge is -1.89. The van der Waals surface area contributed by atoms with Crippen LogP contribution in [0.4, 0.5) is 0 Å². The van der Waals surface area contributed by atoms with Gasteiger partial charge in [-0.25, -0.2) is 0 Å². The van der Waals surface area contributed by atoms with E-state index in [0.29, 0.717) is 6.42 Å². The molecule has 1 aromatic rings. The predicted molar refractivity (Wildman–Crippen MR) is 51.3 cm³/mol. The van der Waals surface area contributed by atoms with Crippen LogP contribution in [0.25, 0.3) is 6.08 Å². The average molecular weight is 179 g/mol.